The molecular formula is C13H20N2O. The van der Waals surface area contributed by atoms with Gasteiger partial charge < -0.3 is 9.74 Å². The molecule has 0 spiro atoms. The van der Waals surface area contributed by atoms with E-state index in [1.54, 1.807) is 0 Å². The molecule has 1 saturated carbocycles. The van der Waals surface area contributed by atoms with Crippen LogP contribution in [0.4, 0.5) is 0 Å². The number of oxime groups is 1. The van der Waals surface area contributed by atoms with Gasteiger partial charge in [0.25, 0.3) is 0 Å². The van der Waals surface area contributed by atoms with Crippen molar-refractivity contribution in [3.63, 3.8) is 0 Å². The van der Waals surface area contributed by atoms with E-state index in [1.807, 2.05) is 0 Å². The molecule has 3 aliphatic rings. The van der Waals surface area contributed by atoms with Gasteiger partial charge in [-0.15, -0.1) is 0 Å². The predicted octanol–water partition coefficient (Wildman–Crippen LogP) is 2.19. The highest BCUT2D eigenvalue weighted by Gasteiger charge is 2.37. The average molecular weight is 220 g/mol. The lowest BCUT2D eigenvalue weighted by molar-refractivity contribution is 0.0397. The second-order valence-corrected chi connectivity index (χ2v) is 5.27. The van der Waals surface area contributed by atoms with E-state index >= 15 is 0 Å². The van der Waals surface area contributed by atoms with Gasteiger partial charge in [-0.2, -0.15) is 0 Å². The van der Waals surface area contributed by atoms with Crippen molar-refractivity contribution in [2.45, 2.75) is 38.2 Å². The maximum absolute atomic E-state index is 5.59. The minimum atomic E-state index is 0.386. The van der Waals surface area contributed by atoms with Gasteiger partial charge >= 0.3 is 0 Å². The van der Waals surface area contributed by atoms with E-state index in [4.69, 9.17) is 4.84 Å². The summed E-state index contributed by atoms with van der Waals surface area (Å²) in [4.78, 5) is 7.96. The largest absolute Gasteiger partial charge is 0.392 e. The van der Waals surface area contributed by atoms with Crippen LogP contribution in [0.2, 0.25) is 0 Å². The molecule has 2 aliphatic heterocycles. The first-order valence-corrected chi connectivity index (χ1v) is 6.46. The highest BCUT2D eigenvalue weighted by molar-refractivity contribution is 6.03. The summed E-state index contributed by atoms with van der Waals surface area (Å²) in [6, 6.07) is 0. The molecule has 88 valence electrons. The highest BCUT2D eigenvalue weighted by atomic mass is 16.6. The molecular weight excluding hydrogens is 200 g/mol. The van der Waals surface area contributed by atoms with E-state index < -0.39 is 0 Å². The molecule has 3 nitrogen and oxygen atoms in total. The Morgan fingerprint density at radius 3 is 3.12 bits per heavy atom. The third-order valence-electron chi connectivity index (χ3n) is 4.01. The van der Waals surface area contributed by atoms with Crippen LogP contribution in [0.25, 0.3) is 0 Å². The van der Waals surface area contributed by atoms with Crippen molar-refractivity contribution in [3.8, 4) is 0 Å². The van der Waals surface area contributed by atoms with Crippen LogP contribution in [-0.4, -0.2) is 36.9 Å². The fraction of sp³-hybridized carbons (Fsp3) is 0.769. The highest BCUT2D eigenvalue weighted by Crippen LogP contribution is 2.35. The van der Waals surface area contributed by atoms with Gasteiger partial charge in [0.05, 0.1) is 5.71 Å². The Morgan fingerprint density at radius 2 is 2.25 bits per heavy atom. The van der Waals surface area contributed by atoms with Crippen molar-refractivity contribution in [2.24, 2.45) is 11.1 Å². The van der Waals surface area contributed by atoms with Gasteiger partial charge in [-0.25, -0.2) is 0 Å². The van der Waals surface area contributed by atoms with Crippen molar-refractivity contribution < 1.29 is 4.84 Å². The molecule has 0 saturated heterocycles. The molecule has 3 rings (SSSR count). The summed E-state index contributed by atoms with van der Waals surface area (Å²) < 4.78 is 0. The number of rotatable bonds is 1. The number of likely N-dealkylation sites (N-methyl/N-ethyl adjacent to an activating group) is 1. The lowest BCUT2D eigenvalue weighted by Gasteiger charge is -2.27. The third-order valence-corrected chi connectivity index (χ3v) is 4.01. The number of hydrogen-bond acceptors (Lipinski definition) is 3. The summed E-state index contributed by atoms with van der Waals surface area (Å²) in [7, 11) is 2.18. The van der Waals surface area contributed by atoms with E-state index in [-0.39, 0.29) is 0 Å². The predicted molar refractivity (Wildman–Crippen MR) is 64.5 cm³/mol. The molecule has 0 amide bonds. The summed E-state index contributed by atoms with van der Waals surface area (Å²) in [6.45, 7) is 2.22. The minimum Gasteiger partial charge on any atom is -0.392 e. The topological polar surface area (TPSA) is 24.8 Å². The van der Waals surface area contributed by atoms with Crippen LogP contribution in [0.5, 0.6) is 0 Å². The number of hydrogen-bond donors (Lipinski definition) is 0. The van der Waals surface area contributed by atoms with E-state index in [1.165, 1.54) is 43.5 Å². The molecule has 0 N–H and O–H groups in total. The number of nitrogens with zero attached hydrogens (tertiary/aromatic N) is 2. The van der Waals surface area contributed by atoms with E-state index in [0.717, 1.165) is 13.0 Å². The van der Waals surface area contributed by atoms with Crippen molar-refractivity contribution in [2.75, 3.05) is 20.1 Å². The molecule has 0 bridgehead atoms. The maximum atomic E-state index is 5.59. The zero-order valence-corrected chi connectivity index (χ0v) is 9.98. The van der Waals surface area contributed by atoms with Gasteiger partial charge in [-0.1, -0.05) is 17.7 Å². The van der Waals surface area contributed by atoms with Crippen molar-refractivity contribution in [3.05, 3.63) is 11.6 Å². The minimum absolute atomic E-state index is 0.386. The normalized spacial score (nSPS) is 35.1. The fourth-order valence-electron chi connectivity index (χ4n) is 3.10. The summed E-state index contributed by atoms with van der Waals surface area (Å²) in [6.07, 6.45) is 9.01. The van der Waals surface area contributed by atoms with Gasteiger partial charge in [0, 0.05) is 19.0 Å². The molecule has 1 aliphatic carbocycles. The summed E-state index contributed by atoms with van der Waals surface area (Å²) in [5.41, 5.74) is 2.68. The standard InChI is InChI=1S/C13H20N2O/c1-15-8-4-5-10(9-15)13-11-6-2-3-7-12(11)16-14-13/h5,11-12H,2-4,6-9H2,1H3. The Bertz CT molecular complexity index is 335. The SMILES string of the molecule is CN1CCC=C(C2=NOC3CCCCC23)C1. The van der Waals surface area contributed by atoms with Crippen LogP contribution in [0, 0.1) is 5.92 Å². The van der Waals surface area contributed by atoms with Gasteiger partial charge in [0.2, 0.25) is 0 Å². The van der Waals surface area contributed by atoms with Crippen LogP contribution in [-0.2, 0) is 4.84 Å². The van der Waals surface area contributed by atoms with E-state index in [2.05, 4.69) is 23.2 Å². The monoisotopic (exact) mass is 220 g/mol. The molecule has 0 radical (unpaired) electrons. The van der Waals surface area contributed by atoms with Gasteiger partial charge in [0.15, 0.2) is 0 Å². The van der Waals surface area contributed by atoms with E-state index in [0.29, 0.717) is 12.0 Å². The van der Waals surface area contributed by atoms with Gasteiger partial charge in [-0.05, 0) is 38.3 Å². The second kappa shape index (κ2) is 4.21. The Hall–Kier alpha value is -0.830. The molecule has 0 aromatic rings. The van der Waals surface area contributed by atoms with Gasteiger partial charge in [-0.3, -0.25) is 0 Å². The summed E-state index contributed by atoms with van der Waals surface area (Å²) in [5.74, 6) is 0.589. The lowest BCUT2D eigenvalue weighted by atomic mass is 9.81. The fourth-order valence-corrected chi connectivity index (χ4v) is 3.10. The smallest absolute Gasteiger partial charge is 0.136 e. The first kappa shape index (κ1) is 10.3. The summed E-state index contributed by atoms with van der Waals surface area (Å²) >= 11 is 0. The molecule has 16 heavy (non-hydrogen) atoms. The second-order valence-electron chi connectivity index (χ2n) is 5.27. The van der Waals surface area contributed by atoms with Crippen LogP contribution < -0.4 is 0 Å². The summed E-state index contributed by atoms with van der Waals surface area (Å²) in [5, 5.41) is 4.36. The first-order valence-electron chi connectivity index (χ1n) is 6.46. The van der Waals surface area contributed by atoms with Gasteiger partial charge in [0.1, 0.15) is 6.10 Å². The maximum Gasteiger partial charge on any atom is 0.136 e. The zero-order valence-electron chi connectivity index (χ0n) is 9.98. The molecule has 2 atom stereocenters. The molecule has 0 aromatic heterocycles. The molecule has 2 heterocycles. The number of fused-ring (bicyclic) bond motifs is 1. The van der Waals surface area contributed by atoms with Crippen molar-refractivity contribution >= 4 is 5.71 Å². The molecule has 1 fully saturated rings. The van der Waals surface area contributed by atoms with Crippen LogP contribution in [0.15, 0.2) is 16.8 Å². The Kier molecular flexibility index (Phi) is 2.72. The Balaban J connectivity index is 1.77. The Labute approximate surface area is 97.1 Å². The molecule has 2 unspecified atom stereocenters. The zero-order chi connectivity index (χ0) is 11.0. The lowest BCUT2D eigenvalue weighted by Crippen LogP contribution is -2.33. The van der Waals surface area contributed by atoms with Crippen LogP contribution in [0.3, 0.4) is 0 Å². The van der Waals surface area contributed by atoms with Crippen LogP contribution in [0.1, 0.15) is 32.1 Å². The molecule has 0 aromatic carbocycles. The first-order chi connectivity index (χ1) is 7.84. The third kappa shape index (κ3) is 1.77. The quantitative estimate of drug-likeness (QED) is 0.676. The van der Waals surface area contributed by atoms with Crippen molar-refractivity contribution in [1.82, 2.24) is 4.90 Å². The Morgan fingerprint density at radius 1 is 1.38 bits per heavy atom. The average Bonchev–Trinajstić information content (AvgIpc) is 2.72. The molecule has 3 heteroatoms. The van der Waals surface area contributed by atoms with E-state index in [9.17, 15) is 0 Å². The van der Waals surface area contributed by atoms with Crippen LogP contribution >= 0.6 is 0 Å². The van der Waals surface area contributed by atoms with Crippen molar-refractivity contribution in [1.29, 1.82) is 0 Å².